The molecule has 0 saturated carbocycles. The van der Waals surface area contributed by atoms with Crippen molar-refractivity contribution in [3.05, 3.63) is 36.9 Å². The van der Waals surface area contributed by atoms with Gasteiger partial charge in [-0.1, -0.05) is 18.2 Å². The van der Waals surface area contributed by atoms with Gasteiger partial charge in [0.25, 0.3) is 5.91 Å². The first-order valence-corrected chi connectivity index (χ1v) is 7.17. The van der Waals surface area contributed by atoms with Crippen molar-refractivity contribution in [1.82, 2.24) is 5.32 Å². The number of aliphatic carboxylic acids is 1. The molecule has 23 heavy (non-hydrogen) atoms. The summed E-state index contributed by atoms with van der Waals surface area (Å²) in [7, 11) is 0. The van der Waals surface area contributed by atoms with E-state index in [0.29, 0.717) is 11.5 Å². The first kappa shape index (κ1) is 16.8. The zero-order valence-electron chi connectivity index (χ0n) is 12.7. The van der Waals surface area contributed by atoms with E-state index in [1.54, 1.807) is 31.2 Å². The number of para-hydroxylation sites is 2. The third-order valence-corrected chi connectivity index (χ3v) is 3.24. The molecule has 2 N–H and O–H groups in total. The second-order valence-corrected chi connectivity index (χ2v) is 5.03. The lowest BCUT2D eigenvalue weighted by atomic mass is 10.1. The number of hydrogen-bond donors (Lipinski definition) is 2. The number of hydrogen-bond acceptors (Lipinski definition) is 5. The maximum Gasteiger partial charge on any atom is 0.328 e. The Labute approximate surface area is 133 Å². The van der Waals surface area contributed by atoms with Crippen LogP contribution in [0.1, 0.15) is 6.92 Å². The Kier molecular flexibility index (Phi) is 5.59. The number of nitrogens with one attached hydrogen (secondary N) is 1. The molecule has 0 aromatic heterocycles. The summed E-state index contributed by atoms with van der Waals surface area (Å²) in [6, 6.07) is 5.81. The smallest absolute Gasteiger partial charge is 0.328 e. The second-order valence-electron chi connectivity index (χ2n) is 5.03. The fourth-order valence-corrected chi connectivity index (χ4v) is 2.10. The summed E-state index contributed by atoms with van der Waals surface area (Å²) in [6.45, 7) is 5.20. The largest absolute Gasteiger partial charge is 0.482 e. The zero-order valence-corrected chi connectivity index (χ0v) is 12.7. The van der Waals surface area contributed by atoms with Gasteiger partial charge in [-0.3, -0.25) is 4.79 Å². The Morgan fingerprint density at radius 2 is 2.04 bits per heavy atom. The van der Waals surface area contributed by atoms with Gasteiger partial charge in [-0.15, -0.1) is 6.58 Å². The van der Waals surface area contributed by atoms with Crippen molar-refractivity contribution in [2.75, 3.05) is 13.2 Å². The Balaban J connectivity index is 2.01. The summed E-state index contributed by atoms with van der Waals surface area (Å²) in [5.74, 6) is -0.762. The van der Waals surface area contributed by atoms with Gasteiger partial charge in [-0.2, -0.15) is 0 Å². The van der Waals surface area contributed by atoms with Crippen LogP contribution >= 0.6 is 0 Å². The molecule has 1 amide bonds. The van der Waals surface area contributed by atoms with Crippen LogP contribution in [0.3, 0.4) is 0 Å². The molecule has 0 fully saturated rings. The number of ether oxygens (including phenoxy) is 3. The van der Waals surface area contributed by atoms with E-state index in [4.69, 9.17) is 19.3 Å². The summed E-state index contributed by atoms with van der Waals surface area (Å²) in [6.07, 6.45) is 0.0114. The summed E-state index contributed by atoms with van der Waals surface area (Å²) in [5.41, 5.74) is 0. The van der Waals surface area contributed by atoms with Gasteiger partial charge in [0.15, 0.2) is 17.5 Å². The Hall–Kier alpha value is -2.54. The van der Waals surface area contributed by atoms with Crippen LogP contribution in [0.2, 0.25) is 0 Å². The molecule has 2 rings (SSSR count). The maximum absolute atomic E-state index is 12.3. The van der Waals surface area contributed by atoms with Gasteiger partial charge in [0.2, 0.25) is 6.10 Å². The van der Waals surface area contributed by atoms with Crippen LogP contribution in [0.15, 0.2) is 36.9 Å². The van der Waals surface area contributed by atoms with E-state index in [2.05, 4.69) is 11.9 Å². The molecule has 1 aliphatic rings. The summed E-state index contributed by atoms with van der Waals surface area (Å²) in [4.78, 5) is 23.5. The number of fused-ring (bicyclic) bond motifs is 1. The number of carboxylic acids is 1. The maximum atomic E-state index is 12.3. The summed E-state index contributed by atoms with van der Waals surface area (Å²) in [5, 5.41) is 11.6. The lowest BCUT2D eigenvalue weighted by molar-refractivity contribution is -0.146. The standard InChI is InChI=1S/C16H19NO6/c1-3-8-21-9-11(16(19)20)17-15(18)14-10(2)22-12-6-4-5-7-13(12)23-14/h3-7,10-11,14H,1,8-9H2,2H3,(H,17,18)(H,19,20). The first-order chi connectivity index (χ1) is 11.0. The van der Waals surface area contributed by atoms with Crippen molar-refractivity contribution in [3.63, 3.8) is 0 Å². The SMILES string of the molecule is C=CCOCC(NC(=O)C1Oc2ccccc2OC1C)C(=O)O. The van der Waals surface area contributed by atoms with Gasteiger partial charge in [-0.25, -0.2) is 4.79 Å². The van der Waals surface area contributed by atoms with Crippen molar-refractivity contribution in [1.29, 1.82) is 0 Å². The summed E-state index contributed by atoms with van der Waals surface area (Å²) >= 11 is 0. The van der Waals surface area contributed by atoms with Gasteiger partial charge in [0.1, 0.15) is 6.10 Å². The predicted octanol–water partition coefficient (Wildman–Crippen LogP) is 0.987. The molecule has 7 heteroatoms. The normalized spacial score (nSPS) is 20.4. The lowest BCUT2D eigenvalue weighted by Gasteiger charge is -2.31. The van der Waals surface area contributed by atoms with Crippen molar-refractivity contribution in [3.8, 4) is 11.5 Å². The zero-order chi connectivity index (χ0) is 16.8. The molecule has 1 aromatic rings. The number of benzene rings is 1. The molecule has 0 aliphatic carbocycles. The quantitative estimate of drug-likeness (QED) is 0.574. The van der Waals surface area contributed by atoms with E-state index < -0.39 is 30.1 Å². The topological polar surface area (TPSA) is 94.1 Å². The van der Waals surface area contributed by atoms with E-state index in [9.17, 15) is 9.59 Å². The van der Waals surface area contributed by atoms with Crippen LogP contribution < -0.4 is 14.8 Å². The number of rotatable bonds is 7. The van der Waals surface area contributed by atoms with Gasteiger partial charge in [0, 0.05) is 0 Å². The highest BCUT2D eigenvalue weighted by Crippen LogP contribution is 2.33. The molecular formula is C16H19NO6. The molecule has 0 saturated heterocycles. The monoisotopic (exact) mass is 321 g/mol. The van der Waals surface area contributed by atoms with E-state index in [1.165, 1.54) is 6.08 Å². The Bertz CT molecular complexity index is 588. The minimum Gasteiger partial charge on any atom is -0.482 e. The fraction of sp³-hybridized carbons (Fsp3) is 0.375. The highest BCUT2D eigenvalue weighted by molar-refractivity contribution is 5.87. The molecule has 1 aliphatic heterocycles. The molecule has 0 radical (unpaired) electrons. The molecule has 7 nitrogen and oxygen atoms in total. The highest BCUT2D eigenvalue weighted by Gasteiger charge is 2.36. The Morgan fingerprint density at radius 3 is 2.65 bits per heavy atom. The molecule has 124 valence electrons. The van der Waals surface area contributed by atoms with Crippen molar-refractivity contribution < 1.29 is 28.9 Å². The molecule has 0 spiro atoms. The van der Waals surface area contributed by atoms with Crippen LogP contribution in [0.5, 0.6) is 11.5 Å². The number of carbonyl (C=O) groups is 2. The highest BCUT2D eigenvalue weighted by atomic mass is 16.6. The van der Waals surface area contributed by atoms with Crippen LogP contribution in [0.25, 0.3) is 0 Å². The van der Waals surface area contributed by atoms with Crippen molar-refractivity contribution >= 4 is 11.9 Å². The van der Waals surface area contributed by atoms with Crippen molar-refractivity contribution in [2.24, 2.45) is 0 Å². The number of carbonyl (C=O) groups excluding carboxylic acids is 1. The molecular weight excluding hydrogens is 302 g/mol. The minimum absolute atomic E-state index is 0.161. The van der Waals surface area contributed by atoms with Gasteiger partial charge in [-0.05, 0) is 19.1 Å². The average Bonchev–Trinajstić information content (AvgIpc) is 2.53. The first-order valence-electron chi connectivity index (χ1n) is 7.17. The molecule has 0 bridgehead atoms. The number of amides is 1. The third kappa shape index (κ3) is 4.23. The molecule has 3 atom stereocenters. The van der Waals surface area contributed by atoms with Crippen LogP contribution in [0.4, 0.5) is 0 Å². The second kappa shape index (κ2) is 7.64. The lowest BCUT2D eigenvalue weighted by Crippen LogP contribution is -2.54. The van der Waals surface area contributed by atoms with Crippen LogP contribution in [-0.2, 0) is 14.3 Å². The molecule has 3 unspecified atom stereocenters. The third-order valence-electron chi connectivity index (χ3n) is 3.24. The van der Waals surface area contributed by atoms with E-state index in [0.717, 1.165) is 0 Å². The van der Waals surface area contributed by atoms with E-state index in [-0.39, 0.29) is 13.2 Å². The average molecular weight is 321 g/mol. The van der Waals surface area contributed by atoms with Gasteiger partial charge >= 0.3 is 5.97 Å². The van der Waals surface area contributed by atoms with Crippen LogP contribution in [-0.4, -0.2) is 48.4 Å². The predicted molar refractivity (Wildman–Crippen MR) is 81.5 cm³/mol. The van der Waals surface area contributed by atoms with Crippen LogP contribution in [0, 0.1) is 0 Å². The summed E-state index contributed by atoms with van der Waals surface area (Å²) < 4.78 is 16.3. The Morgan fingerprint density at radius 1 is 1.39 bits per heavy atom. The van der Waals surface area contributed by atoms with Gasteiger partial charge in [0.05, 0.1) is 13.2 Å². The van der Waals surface area contributed by atoms with E-state index >= 15 is 0 Å². The fourth-order valence-electron chi connectivity index (χ4n) is 2.10. The molecule has 1 aromatic carbocycles. The van der Waals surface area contributed by atoms with Crippen molar-refractivity contribution in [2.45, 2.75) is 25.2 Å². The molecule has 1 heterocycles. The van der Waals surface area contributed by atoms with E-state index in [1.807, 2.05) is 0 Å². The van der Waals surface area contributed by atoms with Gasteiger partial charge < -0.3 is 24.6 Å². The number of carboxylic acid groups (broad SMARTS) is 1. The minimum atomic E-state index is -1.19.